The van der Waals surface area contributed by atoms with Crippen molar-refractivity contribution in [3.63, 3.8) is 0 Å². The third kappa shape index (κ3) is 9.72. The van der Waals surface area contributed by atoms with Crippen LogP contribution in [0.2, 0.25) is 0 Å². The van der Waals surface area contributed by atoms with Crippen LogP contribution in [0.1, 0.15) is 46.5 Å². The quantitative estimate of drug-likeness (QED) is 0.264. The van der Waals surface area contributed by atoms with Gasteiger partial charge in [-0.1, -0.05) is 6.42 Å². The first kappa shape index (κ1) is 22.9. The zero-order valence-corrected chi connectivity index (χ0v) is 18.1. The molecule has 0 spiro atoms. The van der Waals surface area contributed by atoms with Gasteiger partial charge in [-0.25, -0.2) is 0 Å². The third-order valence-electron chi connectivity index (χ3n) is 4.72. The van der Waals surface area contributed by atoms with E-state index in [2.05, 4.69) is 53.2 Å². The van der Waals surface area contributed by atoms with Crippen molar-refractivity contribution in [3.05, 3.63) is 0 Å². The van der Waals surface area contributed by atoms with Gasteiger partial charge >= 0.3 is 0 Å². The lowest BCUT2D eigenvalue weighted by atomic mass is 10.0. The molecule has 138 valence electrons. The predicted molar refractivity (Wildman–Crippen MR) is 112 cm³/mol. The van der Waals surface area contributed by atoms with Gasteiger partial charge in [-0.15, -0.1) is 24.0 Å². The number of hydrogen-bond donors (Lipinski definition) is 2. The van der Waals surface area contributed by atoms with E-state index in [9.17, 15) is 0 Å². The Kier molecular flexibility index (Phi) is 13.2. The van der Waals surface area contributed by atoms with Crippen LogP contribution in [-0.4, -0.2) is 74.7 Å². The van der Waals surface area contributed by atoms with Crippen molar-refractivity contribution >= 4 is 29.9 Å². The molecule has 0 aliphatic carbocycles. The first-order valence-corrected chi connectivity index (χ1v) is 8.93. The summed E-state index contributed by atoms with van der Waals surface area (Å²) in [6.45, 7) is 12.2. The van der Waals surface area contributed by atoms with Gasteiger partial charge in [0.2, 0.25) is 0 Å². The average molecular weight is 439 g/mol. The summed E-state index contributed by atoms with van der Waals surface area (Å²) in [4.78, 5) is 9.25. The molecule has 1 aliphatic rings. The molecule has 0 aromatic rings. The molecule has 1 aliphatic heterocycles. The monoisotopic (exact) mass is 439 g/mol. The largest absolute Gasteiger partial charge is 0.356 e. The van der Waals surface area contributed by atoms with Crippen LogP contribution in [0.4, 0.5) is 0 Å². The molecule has 23 heavy (non-hydrogen) atoms. The summed E-state index contributed by atoms with van der Waals surface area (Å²) in [7, 11) is 4.00. The Morgan fingerprint density at radius 3 is 2.57 bits per heavy atom. The molecule has 0 aromatic heterocycles. The lowest BCUT2D eigenvalue weighted by molar-refractivity contribution is 0.159. The van der Waals surface area contributed by atoms with Crippen LogP contribution < -0.4 is 10.6 Å². The number of nitrogens with one attached hydrogen (secondary N) is 2. The van der Waals surface area contributed by atoms with Gasteiger partial charge in [-0.2, -0.15) is 0 Å². The third-order valence-corrected chi connectivity index (χ3v) is 4.72. The fourth-order valence-electron chi connectivity index (χ4n) is 2.81. The molecule has 1 fully saturated rings. The van der Waals surface area contributed by atoms with E-state index in [0.29, 0.717) is 6.04 Å². The summed E-state index contributed by atoms with van der Waals surface area (Å²) in [6, 6.07) is 1.35. The van der Waals surface area contributed by atoms with Gasteiger partial charge in [0.1, 0.15) is 0 Å². The first-order chi connectivity index (χ1) is 10.5. The Labute approximate surface area is 160 Å². The number of likely N-dealkylation sites (tertiary alicyclic amines) is 1. The van der Waals surface area contributed by atoms with Crippen LogP contribution in [0.15, 0.2) is 4.99 Å². The van der Waals surface area contributed by atoms with Crippen molar-refractivity contribution in [1.82, 2.24) is 20.4 Å². The minimum absolute atomic E-state index is 0. The number of halogens is 1. The van der Waals surface area contributed by atoms with Crippen molar-refractivity contribution in [2.75, 3.05) is 46.8 Å². The number of aliphatic imine (C=N–C) groups is 1. The van der Waals surface area contributed by atoms with E-state index in [1.54, 1.807) is 0 Å². The fourth-order valence-corrected chi connectivity index (χ4v) is 2.81. The highest BCUT2D eigenvalue weighted by molar-refractivity contribution is 14.0. The minimum Gasteiger partial charge on any atom is -0.356 e. The zero-order valence-electron chi connectivity index (χ0n) is 15.8. The van der Waals surface area contributed by atoms with E-state index >= 15 is 0 Å². The fraction of sp³-hybridized carbons (Fsp3) is 0.941. The number of piperidine rings is 1. The van der Waals surface area contributed by atoms with Gasteiger partial charge in [-0.05, 0) is 53.6 Å². The van der Waals surface area contributed by atoms with Crippen LogP contribution in [0, 0.1) is 0 Å². The maximum absolute atomic E-state index is 4.29. The lowest BCUT2D eigenvalue weighted by Gasteiger charge is -2.33. The molecule has 1 atom stereocenters. The van der Waals surface area contributed by atoms with Gasteiger partial charge < -0.3 is 20.4 Å². The molecule has 0 aromatic carbocycles. The summed E-state index contributed by atoms with van der Waals surface area (Å²) in [6.07, 6.45) is 5.30. The molecule has 0 saturated carbocycles. The van der Waals surface area contributed by atoms with Crippen LogP contribution in [0.5, 0.6) is 0 Å². The molecule has 0 bridgehead atoms. The number of guanidine groups is 1. The van der Waals surface area contributed by atoms with Gasteiger partial charge in [0.25, 0.3) is 0 Å². The van der Waals surface area contributed by atoms with Crippen molar-refractivity contribution in [1.29, 1.82) is 0 Å². The second-order valence-electron chi connectivity index (χ2n) is 6.73. The molecular formula is C17H38IN5. The Morgan fingerprint density at radius 1 is 1.26 bits per heavy atom. The highest BCUT2D eigenvalue weighted by atomic mass is 127. The van der Waals surface area contributed by atoms with E-state index in [1.165, 1.54) is 38.8 Å². The summed E-state index contributed by atoms with van der Waals surface area (Å²) in [5.74, 6) is 0.920. The van der Waals surface area contributed by atoms with Crippen molar-refractivity contribution in [3.8, 4) is 0 Å². The highest BCUT2D eigenvalue weighted by Crippen LogP contribution is 2.15. The number of rotatable bonds is 8. The summed E-state index contributed by atoms with van der Waals surface area (Å²) < 4.78 is 0. The second-order valence-corrected chi connectivity index (χ2v) is 6.73. The Bertz CT molecular complexity index is 322. The van der Waals surface area contributed by atoms with Gasteiger partial charge in [0.05, 0.1) is 0 Å². The lowest BCUT2D eigenvalue weighted by Crippen LogP contribution is -2.43. The van der Waals surface area contributed by atoms with Crippen molar-refractivity contribution < 1.29 is 0 Å². The molecule has 5 nitrogen and oxygen atoms in total. The molecule has 1 unspecified atom stereocenters. The van der Waals surface area contributed by atoms with Gasteiger partial charge in [0.15, 0.2) is 5.96 Å². The molecule has 2 N–H and O–H groups in total. The average Bonchev–Trinajstić information content (AvgIpc) is 2.50. The molecule has 6 heteroatoms. The van der Waals surface area contributed by atoms with Crippen LogP contribution in [-0.2, 0) is 0 Å². The predicted octanol–water partition coefficient (Wildman–Crippen LogP) is 2.37. The van der Waals surface area contributed by atoms with Crippen molar-refractivity contribution in [2.24, 2.45) is 4.99 Å². The summed E-state index contributed by atoms with van der Waals surface area (Å²) >= 11 is 0. The Morgan fingerprint density at radius 2 is 1.96 bits per heavy atom. The maximum Gasteiger partial charge on any atom is 0.191 e. The normalized spacial score (nSPS) is 19.8. The van der Waals surface area contributed by atoms with Crippen LogP contribution >= 0.6 is 24.0 Å². The second kappa shape index (κ2) is 13.2. The standard InChI is InChI=1S/C17H37N5.HI/c1-15(2)21(5)14-11-20-17(18-4)19-10-8-13-22-12-7-6-9-16(22)3;/h15-16H,6-14H2,1-5H3,(H2,18,19,20);1H. The molecule has 0 amide bonds. The Hall–Kier alpha value is -0.0800. The molecular weight excluding hydrogens is 401 g/mol. The maximum atomic E-state index is 4.29. The molecule has 1 saturated heterocycles. The van der Waals surface area contributed by atoms with Gasteiger partial charge in [-0.3, -0.25) is 4.99 Å². The minimum atomic E-state index is 0. The topological polar surface area (TPSA) is 42.9 Å². The molecule has 1 heterocycles. The van der Waals surface area contributed by atoms with E-state index in [-0.39, 0.29) is 24.0 Å². The van der Waals surface area contributed by atoms with Gasteiger partial charge in [0, 0.05) is 45.3 Å². The summed E-state index contributed by atoms with van der Waals surface area (Å²) in [5.41, 5.74) is 0. The number of nitrogens with zero attached hydrogens (tertiary/aromatic N) is 3. The zero-order chi connectivity index (χ0) is 16.4. The number of likely N-dealkylation sites (N-methyl/N-ethyl adjacent to an activating group) is 1. The first-order valence-electron chi connectivity index (χ1n) is 8.93. The number of hydrogen-bond acceptors (Lipinski definition) is 3. The van der Waals surface area contributed by atoms with Crippen LogP contribution in [0.3, 0.4) is 0 Å². The smallest absolute Gasteiger partial charge is 0.191 e. The molecule has 0 radical (unpaired) electrons. The highest BCUT2D eigenvalue weighted by Gasteiger charge is 2.17. The van der Waals surface area contributed by atoms with E-state index in [4.69, 9.17) is 0 Å². The van der Waals surface area contributed by atoms with E-state index < -0.39 is 0 Å². The molecule has 1 rings (SSSR count). The Balaban J connectivity index is 0.00000484. The van der Waals surface area contributed by atoms with Crippen molar-refractivity contribution in [2.45, 2.75) is 58.5 Å². The SMILES string of the molecule is CN=C(NCCCN1CCCCC1C)NCCN(C)C(C)C.I. The summed E-state index contributed by atoms with van der Waals surface area (Å²) in [5, 5.41) is 6.81. The van der Waals surface area contributed by atoms with Crippen LogP contribution in [0.25, 0.3) is 0 Å². The van der Waals surface area contributed by atoms with E-state index in [1.807, 2.05) is 7.05 Å². The van der Waals surface area contributed by atoms with E-state index in [0.717, 1.165) is 31.6 Å².